The summed E-state index contributed by atoms with van der Waals surface area (Å²) in [6.07, 6.45) is 0.672. The van der Waals surface area contributed by atoms with Gasteiger partial charge in [0, 0.05) is 12.2 Å². The van der Waals surface area contributed by atoms with Crippen LogP contribution >= 0.6 is 0 Å². The highest BCUT2D eigenvalue weighted by Gasteiger charge is 2.05. The number of aliphatic hydroxyl groups excluding tert-OH is 1. The minimum absolute atomic E-state index is 0.0821. The summed E-state index contributed by atoms with van der Waals surface area (Å²) < 4.78 is 0. The van der Waals surface area contributed by atoms with Crippen LogP contribution in [0.15, 0.2) is 42.5 Å². The molecule has 2 rings (SSSR count). The summed E-state index contributed by atoms with van der Waals surface area (Å²) in [5.41, 5.74) is 0.727. The fourth-order valence-electron chi connectivity index (χ4n) is 1.87. The number of Topliss-reactive ketones (excluding diaryl/α,β-unsaturated/α-hetero) is 1. The van der Waals surface area contributed by atoms with E-state index in [1.54, 1.807) is 0 Å². The van der Waals surface area contributed by atoms with Crippen molar-refractivity contribution in [2.24, 2.45) is 0 Å². The summed E-state index contributed by atoms with van der Waals surface area (Å²) >= 11 is 0. The van der Waals surface area contributed by atoms with Gasteiger partial charge < -0.3 is 10.4 Å². The van der Waals surface area contributed by atoms with E-state index in [1.807, 2.05) is 42.5 Å². The first-order valence-corrected chi connectivity index (χ1v) is 6.15. The van der Waals surface area contributed by atoms with Crippen molar-refractivity contribution >= 4 is 16.6 Å². The molecule has 3 nitrogen and oxygen atoms in total. The maximum Gasteiger partial charge on any atom is 0.176 e. The Kier molecular flexibility index (Phi) is 4.45. The summed E-state index contributed by atoms with van der Waals surface area (Å²) in [5, 5.41) is 13.9. The molecular formula is C15H17NO2. The van der Waals surface area contributed by atoms with Crippen LogP contribution in [0, 0.1) is 0 Å². The maximum absolute atomic E-state index is 11.9. The zero-order valence-corrected chi connectivity index (χ0v) is 10.2. The molecule has 0 aliphatic rings. The molecule has 2 N–H and O–H groups in total. The van der Waals surface area contributed by atoms with Crippen LogP contribution in [-0.4, -0.2) is 30.6 Å². The van der Waals surface area contributed by atoms with E-state index in [-0.39, 0.29) is 12.4 Å². The van der Waals surface area contributed by atoms with Crippen molar-refractivity contribution in [3.63, 3.8) is 0 Å². The van der Waals surface area contributed by atoms with Gasteiger partial charge in [-0.05, 0) is 29.8 Å². The first-order valence-electron chi connectivity index (χ1n) is 6.15. The van der Waals surface area contributed by atoms with E-state index in [1.165, 1.54) is 0 Å². The lowest BCUT2D eigenvalue weighted by Gasteiger charge is -2.04. The number of hydrogen-bond donors (Lipinski definition) is 2. The molecule has 2 aromatic rings. The fraction of sp³-hybridized carbons (Fsp3) is 0.267. The summed E-state index contributed by atoms with van der Waals surface area (Å²) in [7, 11) is 0. The number of nitrogens with one attached hydrogen (secondary N) is 1. The number of rotatable bonds is 6. The Bertz CT molecular complexity index is 537. The Morgan fingerprint density at radius 3 is 2.67 bits per heavy atom. The number of carbonyl (C=O) groups is 1. The monoisotopic (exact) mass is 243 g/mol. The van der Waals surface area contributed by atoms with Gasteiger partial charge in [0.2, 0.25) is 0 Å². The van der Waals surface area contributed by atoms with Gasteiger partial charge in [0.1, 0.15) is 0 Å². The van der Waals surface area contributed by atoms with Gasteiger partial charge in [-0.3, -0.25) is 4.79 Å². The molecule has 0 fully saturated rings. The highest BCUT2D eigenvalue weighted by molar-refractivity contribution is 6.01. The third kappa shape index (κ3) is 3.15. The Labute approximate surface area is 106 Å². The van der Waals surface area contributed by atoms with Gasteiger partial charge in [0.25, 0.3) is 0 Å². The van der Waals surface area contributed by atoms with Crippen LogP contribution in [0.25, 0.3) is 10.8 Å². The van der Waals surface area contributed by atoms with Crippen molar-refractivity contribution < 1.29 is 9.90 Å². The number of fused-ring (bicyclic) bond motifs is 1. The van der Waals surface area contributed by atoms with E-state index in [2.05, 4.69) is 5.32 Å². The third-order valence-electron chi connectivity index (χ3n) is 2.87. The van der Waals surface area contributed by atoms with E-state index in [9.17, 15) is 4.79 Å². The van der Waals surface area contributed by atoms with Crippen LogP contribution in [0.4, 0.5) is 0 Å². The third-order valence-corrected chi connectivity index (χ3v) is 2.87. The number of carbonyl (C=O) groups excluding carboxylic acids is 1. The molecule has 0 bridgehead atoms. The predicted octanol–water partition coefficient (Wildman–Crippen LogP) is 1.99. The molecule has 0 radical (unpaired) electrons. The van der Waals surface area contributed by atoms with Crippen LogP contribution in [0.2, 0.25) is 0 Å². The number of benzene rings is 2. The minimum atomic E-state index is 0.0821. The Morgan fingerprint density at radius 2 is 1.89 bits per heavy atom. The molecule has 0 aliphatic carbocycles. The van der Waals surface area contributed by atoms with Crippen molar-refractivity contribution in [2.75, 3.05) is 19.7 Å². The molecule has 0 spiro atoms. The molecule has 0 unspecified atom stereocenters. The zero-order valence-electron chi connectivity index (χ0n) is 10.2. The Balaban J connectivity index is 2.04. The van der Waals surface area contributed by atoms with Crippen LogP contribution in [-0.2, 0) is 0 Å². The summed E-state index contributed by atoms with van der Waals surface area (Å²) in [6, 6.07) is 13.7. The topological polar surface area (TPSA) is 49.3 Å². The van der Waals surface area contributed by atoms with E-state index >= 15 is 0 Å². The van der Waals surface area contributed by atoms with E-state index in [4.69, 9.17) is 5.11 Å². The maximum atomic E-state index is 11.9. The van der Waals surface area contributed by atoms with Crippen molar-refractivity contribution in [1.82, 2.24) is 5.32 Å². The lowest BCUT2D eigenvalue weighted by molar-refractivity contribution is 0.0990. The van der Waals surface area contributed by atoms with Gasteiger partial charge >= 0.3 is 0 Å². The lowest BCUT2D eigenvalue weighted by Crippen LogP contribution is -2.24. The summed E-state index contributed by atoms with van der Waals surface area (Å²) in [6.45, 7) is 1.13. The van der Waals surface area contributed by atoms with Crippen molar-refractivity contribution in [1.29, 1.82) is 0 Å². The molecule has 94 valence electrons. The molecule has 0 atom stereocenters. The average molecular weight is 243 g/mol. The molecular weight excluding hydrogens is 226 g/mol. The largest absolute Gasteiger partial charge is 0.396 e. The Hall–Kier alpha value is -1.71. The standard InChI is InChI=1S/C15H17NO2/c17-9-3-8-16-11-15(18)14-7-6-12-4-1-2-5-13(12)10-14/h1-2,4-7,10,16-17H,3,8-9,11H2. The normalized spacial score (nSPS) is 10.7. The smallest absolute Gasteiger partial charge is 0.176 e. The van der Waals surface area contributed by atoms with Crippen LogP contribution in [0.3, 0.4) is 0 Å². The van der Waals surface area contributed by atoms with Crippen LogP contribution in [0.1, 0.15) is 16.8 Å². The van der Waals surface area contributed by atoms with Gasteiger partial charge in [-0.25, -0.2) is 0 Å². The molecule has 2 aromatic carbocycles. The molecule has 0 saturated carbocycles. The number of hydrogen-bond acceptors (Lipinski definition) is 3. The van der Waals surface area contributed by atoms with Gasteiger partial charge in [0.15, 0.2) is 5.78 Å². The van der Waals surface area contributed by atoms with Crippen LogP contribution < -0.4 is 5.32 Å². The fourth-order valence-corrected chi connectivity index (χ4v) is 1.87. The number of aliphatic hydroxyl groups is 1. The van der Waals surface area contributed by atoms with Gasteiger partial charge in [-0.1, -0.05) is 36.4 Å². The van der Waals surface area contributed by atoms with E-state index < -0.39 is 0 Å². The van der Waals surface area contributed by atoms with Crippen molar-refractivity contribution in [2.45, 2.75) is 6.42 Å². The summed E-state index contributed by atoms with van der Waals surface area (Å²) in [4.78, 5) is 11.9. The van der Waals surface area contributed by atoms with Gasteiger partial charge in [-0.15, -0.1) is 0 Å². The minimum Gasteiger partial charge on any atom is -0.396 e. The number of ketones is 1. The second-order valence-corrected chi connectivity index (χ2v) is 4.24. The lowest BCUT2D eigenvalue weighted by atomic mass is 10.0. The van der Waals surface area contributed by atoms with E-state index in [0.717, 1.165) is 16.3 Å². The SMILES string of the molecule is O=C(CNCCCO)c1ccc2ccccc2c1. The molecule has 0 amide bonds. The van der Waals surface area contributed by atoms with Crippen LogP contribution in [0.5, 0.6) is 0 Å². The second-order valence-electron chi connectivity index (χ2n) is 4.24. The van der Waals surface area contributed by atoms with E-state index in [0.29, 0.717) is 19.5 Å². The average Bonchev–Trinajstić information content (AvgIpc) is 2.43. The molecule has 18 heavy (non-hydrogen) atoms. The molecule has 0 saturated heterocycles. The van der Waals surface area contributed by atoms with Gasteiger partial charge in [0.05, 0.1) is 6.54 Å². The van der Waals surface area contributed by atoms with Gasteiger partial charge in [-0.2, -0.15) is 0 Å². The van der Waals surface area contributed by atoms with Crippen molar-refractivity contribution in [3.05, 3.63) is 48.0 Å². The van der Waals surface area contributed by atoms with Crippen molar-refractivity contribution in [3.8, 4) is 0 Å². The Morgan fingerprint density at radius 1 is 1.11 bits per heavy atom. The zero-order chi connectivity index (χ0) is 12.8. The second kappa shape index (κ2) is 6.28. The predicted molar refractivity (Wildman–Crippen MR) is 72.9 cm³/mol. The molecule has 0 aliphatic heterocycles. The summed E-state index contributed by atoms with van der Waals surface area (Å²) in [5.74, 6) is 0.0821. The first-order chi connectivity index (χ1) is 8.81. The molecule has 0 aromatic heterocycles. The quantitative estimate of drug-likeness (QED) is 0.602. The molecule has 3 heteroatoms. The highest BCUT2D eigenvalue weighted by Crippen LogP contribution is 2.15. The highest BCUT2D eigenvalue weighted by atomic mass is 16.3. The first kappa shape index (κ1) is 12.7. The molecule has 0 heterocycles.